The first-order valence-corrected chi connectivity index (χ1v) is 20.5. The van der Waals surface area contributed by atoms with Gasteiger partial charge in [-0.15, -0.1) is 0 Å². The third-order valence-corrected chi connectivity index (χ3v) is 12.4. The number of aromatic nitrogens is 2. The minimum atomic E-state index is -0.154. The van der Waals surface area contributed by atoms with Crippen LogP contribution in [0.15, 0.2) is 200 Å². The van der Waals surface area contributed by atoms with Crippen LogP contribution in [0.1, 0.15) is 30.5 Å². The number of nitrogens with zero attached hydrogens (tertiary/aromatic N) is 3. The van der Waals surface area contributed by atoms with Crippen LogP contribution in [0, 0.1) is 11.3 Å². The third kappa shape index (κ3) is 5.84. The van der Waals surface area contributed by atoms with Gasteiger partial charge in [-0.1, -0.05) is 147 Å². The van der Waals surface area contributed by atoms with Gasteiger partial charge in [0.25, 0.3) is 0 Å². The molecule has 0 atom stereocenters. The molecule has 2 heterocycles. The molecule has 0 aliphatic heterocycles. The summed E-state index contributed by atoms with van der Waals surface area (Å²) in [6.45, 7) is 4.69. The maximum Gasteiger partial charge on any atom is 0.0992 e. The van der Waals surface area contributed by atoms with Crippen molar-refractivity contribution < 1.29 is 0 Å². The van der Waals surface area contributed by atoms with Gasteiger partial charge in [-0.25, -0.2) is 4.98 Å². The van der Waals surface area contributed by atoms with Gasteiger partial charge < -0.3 is 4.57 Å². The highest BCUT2D eigenvalue weighted by molar-refractivity contribution is 6.12. The second-order valence-corrected chi connectivity index (χ2v) is 16.3. The van der Waals surface area contributed by atoms with Crippen molar-refractivity contribution in [2.75, 3.05) is 0 Å². The third-order valence-electron chi connectivity index (χ3n) is 12.4. The van der Waals surface area contributed by atoms with Crippen molar-refractivity contribution in [1.82, 2.24) is 9.55 Å². The standard InChI is InChI=1S/C57H39N3/c1-57(2)51-24-14-12-22-47(51)49-34-50-48-23-13-15-25-55(48)60(56(50)35-52(49)57)46-30-43(42-27-37(36-58)26-41(28-42)38-16-6-3-7-17-38)29-44(31-46)45-32-53(39-18-8-4-9-19-39)59-54(33-45)40-20-10-5-11-21-40/h3-35H,1-2H3. The van der Waals surface area contributed by atoms with Crippen LogP contribution in [0.25, 0.3) is 94.5 Å². The molecular weight excluding hydrogens is 727 g/mol. The largest absolute Gasteiger partial charge is 0.309 e. The Hall–Kier alpha value is -7.80. The number of nitriles is 1. The highest BCUT2D eigenvalue weighted by Gasteiger charge is 2.36. The van der Waals surface area contributed by atoms with Crippen molar-refractivity contribution >= 4 is 21.8 Å². The first kappa shape index (κ1) is 35.4. The van der Waals surface area contributed by atoms with Crippen molar-refractivity contribution in [2.24, 2.45) is 0 Å². The Balaban J connectivity index is 1.21. The summed E-state index contributed by atoms with van der Waals surface area (Å²) in [6.07, 6.45) is 0. The minimum absolute atomic E-state index is 0.154. The van der Waals surface area contributed by atoms with Gasteiger partial charge in [-0.3, -0.25) is 0 Å². The number of fused-ring (bicyclic) bond motifs is 6. The SMILES string of the molecule is CC1(C)c2ccccc2-c2cc3c4ccccc4n(-c4cc(-c5cc(C#N)cc(-c6ccccc6)c5)cc(-c5cc(-c6ccccc6)nc(-c6ccccc6)c5)c4)c3cc21. The van der Waals surface area contributed by atoms with Crippen LogP contribution in [0.4, 0.5) is 0 Å². The Kier molecular flexibility index (Phi) is 8.22. The number of benzene rings is 8. The molecule has 0 saturated heterocycles. The average Bonchev–Trinajstić information content (AvgIpc) is 3.76. The summed E-state index contributed by atoms with van der Waals surface area (Å²) >= 11 is 0. The van der Waals surface area contributed by atoms with Crippen LogP contribution in [-0.2, 0) is 5.41 Å². The van der Waals surface area contributed by atoms with Gasteiger partial charge in [0.2, 0.25) is 0 Å². The molecule has 0 radical (unpaired) electrons. The van der Waals surface area contributed by atoms with E-state index in [9.17, 15) is 5.26 Å². The zero-order chi connectivity index (χ0) is 40.4. The molecule has 282 valence electrons. The fourth-order valence-corrected chi connectivity index (χ4v) is 9.38. The first-order chi connectivity index (χ1) is 29.4. The van der Waals surface area contributed by atoms with Gasteiger partial charge >= 0.3 is 0 Å². The molecule has 0 saturated carbocycles. The van der Waals surface area contributed by atoms with E-state index in [-0.39, 0.29) is 5.41 Å². The van der Waals surface area contributed by atoms with Crippen LogP contribution < -0.4 is 0 Å². The molecule has 8 aromatic carbocycles. The highest BCUT2D eigenvalue weighted by atomic mass is 15.0. The fourth-order valence-electron chi connectivity index (χ4n) is 9.38. The van der Waals surface area contributed by atoms with Gasteiger partial charge in [0.05, 0.1) is 34.1 Å². The molecule has 0 amide bonds. The van der Waals surface area contributed by atoms with E-state index in [1.165, 1.54) is 38.5 Å². The topological polar surface area (TPSA) is 41.6 Å². The molecule has 3 nitrogen and oxygen atoms in total. The van der Waals surface area contributed by atoms with Crippen molar-refractivity contribution in [3.63, 3.8) is 0 Å². The molecule has 60 heavy (non-hydrogen) atoms. The first-order valence-electron chi connectivity index (χ1n) is 20.5. The quantitative estimate of drug-likeness (QED) is 0.169. The summed E-state index contributed by atoms with van der Waals surface area (Å²) in [5, 5.41) is 12.8. The van der Waals surface area contributed by atoms with Gasteiger partial charge in [0.15, 0.2) is 0 Å². The Bertz CT molecular complexity index is 3270. The van der Waals surface area contributed by atoms with E-state index in [4.69, 9.17) is 4.98 Å². The summed E-state index contributed by atoms with van der Waals surface area (Å²) < 4.78 is 2.45. The summed E-state index contributed by atoms with van der Waals surface area (Å²) in [4.78, 5) is 5.22. The molecule has 0 bridgehead atoms. The predicted molar refractivity (Wildman–Crippen MR) is 248 cm³/mol. The van der Waals surface area contributed by atoms with E-state index in [1.807, 2.05) is 42.5 Å². The van der Waals surface area contributed by atoms with E-state index in [0.717, 1.165) is 67.1 Å². The monoisotopic (exact) mass is 765 g/mol. The van der Waals surface area contributed by atoms with Gasteiger partial charge in [-0.05, 0) is 122 Å². The zero-order valence-electron chi connectivity index (χ0n) is 33.4. The maximum absolute atomic E-state index is 10.4. The smallest absolute Gasteiger partial charge is 0.0992 e. The van der Waals surface area contributed by atoms with E-state index in [2.05, 4.69) is 182 Å². The van der Waals surface area contributed by atoms with Crippen LogP contribution in [0.5, 0.6) is 0 Å². The second kappa shape index (κ2) is 13.9. The molecular formula is C57H39N3. The lowest BCUT2D eigenvalue weighted by Gasteiger charge is -2.22. The van der Waals surface area contributed by atoms with Crippen LogP contribution >= 0.6 is 0 Å². The summed E-state index contributed by atoms with van der Waals surface area (Å²) in [5.41, 5.74) is 19.3. The molecule has 0 N–H and O–H groups in total. The molecule has 3 heteroatoms. The molecule has 0 unspecified atom stereocenters. The lowest BCUT2D eigenvalue weighted by atomic mass is 9.82. The Morgan fingerprint density at radius 1 is 0.417 bits per heavy atom. The van der Waals surface area contributed by atoms with Crippen LogP contribution in [-0.4, -0.2) is 9.55 Å². The number of rotatable bonds is 6. The number of hydrogen-bond donors (Lipinski definition) is 0. The molecule has 10 aromatic rings. The van der Waals surface area contributed by atoms with E-state index >= 15 is 0 Å². The highest BCUT2D eigenvalue weighted by Crippen LogP contribution is 2.51. The van der Waals surface area contributed by atoms with Crippen molar-refractivity contribution in [1.29, 1.82) is 5.26 Å². The summed E-state index contributed by atoms with van der Waals surface area (Å²) in [6, 6.07) is 73.7. The predicted octanol–water partition coefficient (Wildman–Crippen LogP) is 14.7. The fraction of sp³-hybridized carbons (Fsp3) is 0.0526. The van der Waals surface area contributed by atoms with Crippen molar-refractivity contribution in [3.05, 3.63) is 217 Å². The minimum Gasteiger partial charge on any atom is -0.309 e. The molecule has 0 spiro atoms. The molecule has 11 rings (SSSR count). The number of pyridine rings is 1. The molecule has 2 aromatic heterocycles. The second-order valence-electron chi connectivity index (χ2n) is 16.3. The summed E-state index contributed by atoms with van der Waals surface area (Å²) in [7, 11) is 0. The number of hydrogen-bond acceptors (Lipinski definition) is 2. The van der Waals surface area contributed by atoms with Crippen molar-refractivity contribution in [3.8, 4) is 78.8 Å². The Morgan fingerprint density at radius 2 is 0.933 bits per heavy atom. The van der Waals surface area contributed by atoms with Gasteiger partial charge in [0.1, 0.15) is 0 Å². The van der Waals surface area contributed by atoms with Gasteiger partial charge in [-0.2, -0.15) is 5.26 Å². The lowest BCUT2D eigenvalue weighted by Crippen LogP contribution is -2.15. The van der Waals surface area contributed by atoms with E-state index in [0.29, 0.717) is 5.56 Å². The maximum atomic E-state index is 10.4. The molecule has 1 aliphatic rings. The zero-order valence-corrected chi connectivity index (χ0v) is 33.4. The van der Waals surface area contributed by atoms with E-state index < -0.39 is 0 Å². The van der Waals surface area contributed by atoms with Crippen LogP contribution in [0.2, 0.25) is 0 Å². The number of para-hydroxylation sites is 1. The molecule has 1 aliphatic carbocycles. The molecule has 0 fully saturated rings. The van der Waals surface area contributed by atoms with Crippen molar-refractivity contribution in [2.45, 2.75) is 19.3 Å². The van der Waals surface area contributed by atoms with E-state index in [1.54, 1.807) is 0 Å². The Labute approximate surface area is 350 Å². The summed E-state index contributed by atoms with van der Waals surface area (Å²) in [5.74, 6) is 0. The Morgan fingerprint density at radius 3 is 1.57 bits per heavy atom. The normalized spacial score (nSPS) is 12.6. The van der Waals surface area contributed by atoms with Crippen LogP contribution in [0.3, 0.4) is 0 Å². The lowest BCUT2D eigenvalue weighted by molar-refractivity contribution is 0.661. The average molecular weight is 766 g/mol. The van der Waals surface area contributed by atoms with Gasteiger partial charge in [0, 0.05) is 33.0 Å².